The number of benzene rings is 2. The molecule has 146 valence electrons. The molecular formula is C22H25N3O3. The quantitative estimate of drug-likeness (QED) is 0.645. The third kappa shape index (κ3) is 4.39. The Balaban J connectivity index is 1.65. The predicted molar refractivity (Wildman–Crippen MR) is 107 cm³/mol. The lowest BCUT2D eigenvalue weighted by Gasteiger charge is -2.21. The molecular weight excluding hydrogens is 354 g/mol. The lowest BCUT2D eigenvalue weighted by Crippen LogP contribution is -2.37. The van der Waals surface area contributed by atoms with Crippen LogP contribution in [0.4, 0.5) is 0 Å². The summed E-state index contributed by atoms with van der Waals surface area (Å²) < 4.78 is 11.2. The van der Waals surface area contributed by atoms with Crippen LogP contribution in [0.3, 0.4) is 0 Å². The molecule has 0 N–H and O–H groups in total. The van der Waals surface area contributed by atoms with Gasteiger partial charge in [0.05, 0.1) is 6.54 Å². The van der Waals surface area contributed by atoms with Crippen LogP contribution in [0.25, 0.3) is 11.4 Å². The van der Waals surface area contributed by atoms with Crippen LogP contribution in [0.5, 0.6) is 5.75 Å². The fraction of sp³-hybridized carbons (Fsp3) is 0.318. The van der Waals surface area contributed by atoms with Crippen LogP contribution in [-0.2, 0) is 11.3 Å². The summed E-state index contributed by atoms with van der Waals surface area (Å²) in [6, 6.07) is 13.7. The lowest BCUT2D eigenvalue weighted by atomic mass is 10.1. The number of aromatic nitrogens is 2. The Bertz CT molecular complexity index is 981. The Kier molecular flexibility index (Phi) is 5.78. The first-order chi connectivity index (χ1) is 13.3. The van der Waals surface area contributed by atoms with E-state index in [0.29, 0.717) is 17.5 Å². The van der Waals surface area contributed by atoms with Crippen LogP contribution in [0, 0.1) is 20.8 Å². The van der Waals surface area contributed by atoms with Crippen molar-refractivity contribution in [3.8, 4) is 17.1 Å². The fourth-order valence-corrected chi connectivity index (χ4v) is 2.90. The predicted octanol–water partition coefficient (Wildman–Crippen LogP) is 4.09. The van der Waals surface area contributed by atoms with Gasteiger partial charge in [0.2, 0.25) is 11.7 Å². The topological polar surface area (TPSA) is 68.5 Å². The summed E-state index contributed by atoms with van der Waals surface area (Å²) in [5.74, 6) is 1.45. The van der Waals surface area contributed by atoms with Gasteiger partial charge in [-0.2, -0.15) is 4.98 Å². The smallest absolute Gasteiger partial charge is 0.263 e. The Morgan fingerprint density at radius 1 is 1.18 bits per heavy atom. The number of rotatable bonds is 6. The van der Waals surface area contributed by atoms with Gasteiger partial charge in [0.1, 0.15) is 5.75 Å². The molecule has 3 aromatic rings. The third-order valence-corrected chi connectivity index (χ3v) is 4.70. The normalized spacial score (nSPS) is 11.9. The number of ether oxygens (including phenoxy) is 1. The van der Waals surface area contributed by atoms with Crippen molar-refractivity contribution in [2.75, 3.05) is 7.05 Å². The molecule has 2 aromatic carbocycles. The number of aryl methyl sites for hydroxylation is 2. The maximum atomic E-state index is 12.7. The molecule has 1 heterocycles. The average Bonchev–Trinajstić information content (AvgIpc) is 3.13. The van der Waals surface area contributed by atoms with E-state index >= 15 is 0 Å². The third-order valence-electron chi connectivity index (χ3n) is 4.70. The summed E-state index contributed by atoms with van der Waals surface area (Å²) >= 11 is 0. The van der Waals surface area contributed by atoms with Gasteiger partial charge in [-0.3, -0.25) is 4.79 Å². The SMILES string of the molecule is Cc1cccc(-c2noc(CN(C)C(=O)[C@@H](C)Oc3cccc(C)c3C)n2)c1. The molecule has 0 spiro atoms. The monoisotopic (exact) mass is 379 g/mol. The zero-order valence-corrected chi connectivity index (χ0v) is 16.9. The van der Waals surface area contributed by atoms with Crippen molar-refractivity contribution in [2.24, 2.45) is 0 Å². The Morgan fingerprint density at radius 3 is 2.68 bits per heavy atom. The summed E-state index contributed by atoms with van der Waals surface area (Å²) in [4.78, 5) is 18.6. The van der Waals surface area contributed by atoms with Crippen LogP contribution in [0.15, 0.2) is 47.0 Å². The van der Waals surface area contributed by atoms with Gasteiger partial charge >= 0.3 is 0 Å². The van der Waals surface area contributed by atoms with Crippen LogP contribution in [-0.4, -0.2) is 34.1 Å². The van der Waals surface area contributed by atoms with Gasteiger partial charge in [-0.1, -0.05) is 41.1 Å². The number of hydrogen-bond donors (Lipinski definition) is 0. The summed E-state index contributed by atoms with van der Waals surface area (Å²) in [5, 5.41) is 4.02. The van der Waals surface area contributed by atoms with Crippen LogP contribution in [0.1, 0.15) is 29.5 Å². The van der Waals surface area contributed by atoms with Gasteiger partial charge in [0.25, 0.3) is 5.91 Å². The molecule has 0 bridgehead atoms. The summed E-state index contributed by atoms with van der Waals surface area (Å²) in [7, 11) is 1.70. The van der Waals surface area contributed by atoms with Crippen molar-refractivity contribution in [1.29, 1.82) is 0 Å². The van der Waals surface area contributed by atoms with Crippen molar-refractivity contribution in [3.63, 3.8) is 0 Å². The van der Waals surface area contributed by atoms with Gasteiger partial charge in [-0.15, -0.1) is 0 Å². The van der Waals surface area contributed by atoms with E-state index in [2.05, 4.69) is 10.1 Å². The molecule has 1 amide bonds. The number of likely N-dealkylation sites (N-methyl/N-ethyl adjacent to an activating group) is 1. The number of carbonyl (C=O) groups is 1. The molecule has 0 fully saturated rings. The van der Waals surface area contributed by atoms with Crippen molar-refractivity contribution < 1.29 is 14.1 Å². The molecule has 0 aliphatic heterocycles. The van der Waals surface area contributed by atoms with E-state index in [1.807, 2.05) is 63.2 Å². The van der Waals surface area contributed by atoms with E-state index in [1.165, 1.54) is 4.90 Å². The van der Waals surface area contributed by atoms with Crippen LogP contribution in [0.2, 0.25) is 0 Å². The van der Waals surface area contributed by atoms with Crippen LogP contribution >= 0.6 is 0 Å². The van der Waals surface area contributed by atoms with Crippen LogP contribution < -0.4 is 4.74 Å². The number of amides is 1. The van der Waals surface area contributed by atoms with E-state index in [-0.39, 0.29) is 12.5 Å². The number of nitrogens with zero attached hydrogens (tertiary/aromatic N) is 3. The molecule has 3 rings (SSSR count). The summed E-state index contributed by atoms with van der Waals surface area (Å²) in [6.45, 7) is 7.97. The van der Waals surface area contributed by atoms with Crippen molar-refractivity contribution in [3.05, 3.63) is 65.0 Å². The highest BCUT2D eigenvalue weighted by Crippen LogP contribution is 2.22. The van der Waals surface area contributed by atoms with Gasteiger partial charge in [-0.25, -0.2) is 0 Å². The second kappa shape index (κ2) is 8.25. The van der Waals surface area contributed by atoms with E-state index in [4.69, 9.17) is 9.26 Å². The molecule has 0 saturated carbocycles. The molecule has 6 nitrogen and oxygen atoms in total. The maximum Gasteiger partial charge on any atom is 0.263 e. The first-order valence-corrected chi connectivity index (χ1v) is 9.22. The second-order valence-corrected chi connectivity index (χ2v) is 7.03. The number of hydrogen-bond acceptors (Lipinski definition) is 5. The zero-order valence-electron chi connectivity index (χ0n) is 16.9. The molecule has 6 heteroatoms. The molecule has 0 radical (unpaired) electrons. The van der Waals surface area contributed by atoms with Gasteiger partial charge < -0.3 is 14.2 Å². The largest absolute Gasteiger partial charge is 0.481 e. The lowest BCUT2D eigenvalue weighted by molar-refractivity contribution is -0.137. The molecule has 0 aliphatic rings. The van der Waals surface area contributed by atoms with Crippen molar-refractivity contribution in [2.45, 2.75) is 40.3 Å². The first kappa shape index (κ1) is 19.6. The standard InChI is InChI=1S/C22H25N3O3/c1-14-8-6-10-18(12-14)21-23-20(28-24-21)13-25(5)22(26)17(4)27-19-11-7-9-15(2)16(19)3/h6-12,17H,13H2,1-5H3/t17-/m1/s1. The maximum absolute atomic E-state index is 12.7. The van der Waals surface area contributed by atoms with Crippen molar-refractivity contribution in [1.82, 2.24) is 15.0 Å². The highest BCUT2D eigenvalue weighted by Gasteiger charge is 2.22. The number of carbonyl (C=O) groups excluding carboxylic acids is 1. The zero-order chi connectivity index (χ0) is 20.3. The summed E-state index contributed by atoms with van der Waals surface area (Å²) in [5.41, 5.74) is 4.16. The minimum atomic E-state index is -0.621. The Labute approximate surface area is 165 Å². The second-order valence-electron chi connectivity index (χ2n) is 7.03. The van der Waals surface area contributed by atoms with Gasteiger partial charge in [-0.05, 0) is 51.0 Å². The first-order valence-electron chi connectivity index (χ1n) is 9.22. The average molecular weight is 379 g/mol. The highest BCUT2D eigenvalue weighted by atomic mass is 16.5. The Morgan fingerprint density at radius 2 is 1.93 bits per heavy atom. The van der Waals surface area contributed by atoms with E-state index in [0.717, 1.165) is 22.3 Å². The van der Waals surface area contributed by atoms with Gasteiger partial charge in [0, 0.05) is 12.6 Å². The fourth-order valence-electron chi connectivity index (χ4n) is 2.90. The minimum Gasteiger partial charge on any atom is -0.481 e. The Hall–Kier alpha value is -3.15. The highest BCUT2D eigenvalue weighted by molar-refractivity contribution is 5.80. The minimum absolute atomic E-state index is 0.156. The molecule has 0 saturated heterocycles. The van der Waals surface area contributed by atoms with E-state index < -0.39 is 6.10 Å². The molecule has 1 atom stereocenters. The molecule has 0 unspecified atom stereocenters. The van der Waals surface area contributed by atoms with E-state index in [9.17, 15) is 4.79 Å². The molecule has 1 aromatic heterocycles. The van der Waals surface area contributed by atoms with Crippen molar-refractivity contribution >= 4 is 5.91 Å². The summed E-state index contributed by atoms with van der Waals surface area (Å²) in [6.07, 6.45) is -0.621. The molecule has 28 heavy (non-hydrogen) atoms. The van der Waals surface area contributed by atoms with Gasteiger partial charge in [0.15, 0.2) is 6.10 Å². The van der Waals surface area contributed by atoms with E-state index in [1.54, 1.807) is 14.0 Å². The molecule has 0 aliphatic carbocycles.